The summed E-state index contributed by atoms with van der Waals surface area (Å²) < 4.78 is 12.8. The van der Waals surface area contributed by atoms with E-state index in [0.29, 0.717) is 11.1 Å². The summed E-state index contributed by atoms with van der Waals surface area (Å²) in [4.78, 5) is 0. The molecule has 0 fully saturated rings. The highest BCUT2D eigenvalue weighted by Crippen LogP contribution is 2.20. The van der Waals surface area contributed by atoms with Gasteiger partial charge in [-0.15, -0.1) is 0 Å². The first-order valence-corrected chi connectivity index (χ1v) is 4.39. The second kappa shape index (κ2) is 4.50. The molecule has 0 amide bonds. The van der Waals surface area contributed by atoms with Crippen LogP contribution in [0, 0.1) is 5.82 Å². The number of halogens is 1. The van der Waals surface area contributed by atoms with Gasteiger partial charge in [0.1, 0.15) is 5.82 Å². The predicted octanol–water partition coefficient (Wildman–Crippen LogP) is 0.699. The summed E-state index contributed by atoms with van der Waals surface area (Å²) in [6.45, 7) is 1.27. The number of benzene rings is 1. The average Bonchev–Trinajstić information content (AvgIpc) is 2.16. The van der Waals surface area contributed by atoms with Gasteiger partial charge < -0.3 is 15.9 Å². The normalized spacial score (nSPS) is 15.2. The fourth-order valence-corrected chi connectivity index (χ4v) is 1.30. The first-order chi connectivity index (χ1) is 6.56. The van der Waals surface area contributed by atoms with Crippen molar-refractivity contribution in [3.8, 4) is 0 Å². The van der Waals surface area contributed by atoms with Crippen molar-refractivity contribution in [2.75, 3.05) is 0 Å². The van der Waals surface area contributed by atoms with Crippen molar-refractivity contribution in [3.63, 3.8) is 0 Å². The summed E-state index contributed by atoms with van der Waals surface area (Å²) in [7, 11) is 0. The lowest BCUT2D eigenvalue weighted by Gasteiger charge is -2.18. The van der Waals surface area contributed by atoms with E-state index in [2.05, 4.69) is 0 Å². The van der Waals surface area contributed by atoms with Gasteiger partial charge in [-0.2, -0.15) is 0 Å². The first kappa shape index (κ1) is 11.1. The van der Waals surface area contributed by atoms with Gasteiger partial charge in [-0.05, 0) is 30.2 Å². The van der Waals surface area contributed by atoms with E-state index in [1.165, 1.54) is 18.2 Å². The Balaban J connectivity index is 3.07. The van der Waals surface area contributed by atoms with Crippen LogP contribution in [0.2, 0.25) is 0 Å². The number of aliphatic hydroxyl groups excluding tert-OH is 2. The lowest BCUT2D eigenvalue weighted by Crippen LogP contribution is -2.24. The van der Waals surface area contributed by atoms with Gasteiger partial charge in [0.2, 0.25) is 0 Å². The summed E-state index contributed by atoms with van der Waals surface area (Å²) in [5.74, 6) is -0.421. The molecule has 0 aliphatic heterocycles. The maximum absolute atomic E-state index is 12.8. The molecule has 1 aromatic carbocycles. The Kier molecular flexibility index (Phi) is 3.57. The van der Waals surface area contributed by atoms with Crippen LogP contribution in [-0.2, 0) is 6.61 Å². The van der Waals surface area contributed by atoms with Gasteiger partial charge in [0.05, 0.1) is 18.8 Å². The molecule has 4 heteroatoms. The minimum absolute atomic E-state index is 0.284. The molecule has 1 aromatic rings. The highest BCUT2D eigenvalue weighted by Gasteiger charge is 2.15. The standard InChI is InChI=1S/C10H14FNO2/c1-6(14)10(12)9-3-2-8(11)4-7(9)5-13/h2-4,6,10,13-14H,5,12H2,1H3. The molecule has 2 atom stereocenters. The number of hydrogen-bond acceptors (Lipinski definition) is 3. The summed E-state index contributed by atoms with van der Waals surface area (Å²) in [5.41, 5.74) is 6.67. The van der Waals surface area contributed by atoms with Crippen molar-refractivity contribution in [3.05, 3.63) is 35.1 Å². The summed E-state index contributed by atoms with van der Waals surface area (Å²) in [5, 5.41) is 18.2. The molecule has 1 rings (SSSR count). The third-order valence-corrected chi connectivity index (χ3v) is 2.15. The molecule has 0 aromatic heterocycles. The van der Waals surface area contributed by atoms with Crippen LogP contribution in [0.5, 0.6) is 0 Å². The molecule has 0 saturated carbocycles. The number of rotatable bonds is 3. The minimum Gasteiger partial charge on any atom is -0.392 e. The van der Waals surface area contributed by atoms with Gasteiger partial charge in [-0.25, -0.2) is 4.39 Å². The van der Waals surface area contributed by atoms with Crippen molar-refractivity contribution in [1.82, 2.24) is 0 Å². The SMILES string of the molecule is CC(O)C(N)c1ccc(F)cc1CO. The van der Waals surface area contributed by atoms with E-state index < -0.39 is 18.0 Å². The zero-order valence-electron chi connectivity index (χ0n) is 7.94. The Morgan fingerprint density at radius 3 is 2.64 bits per heavy atom. The van der Waals surface area contributed by atoms with Crippen LogP contribution in [0.1, 0.15) is 24.1 Å². The third kappa shape index (κ3) is 2.29. The van der Waals surface area contributed by atoms with Crippen molar-refractivity contribution in [1.29, 1.82) is 0 Å². The first-order valence-electron chi connectivity index (χ1n) is 4.39. The molecule has 0 saturated heterocycles. The van der Waals surface area contributed by atoms with E-state index in [0.717, 1.165) is 0 Å². The number of nitrogens with two attached hydrogens (primary N) is 1. The van der Waals surface area contributed by atoms with Crippen molar-refractivity contribution in [2.24, 2.45) is 5.73 Å². The van der Waals surface area contributed by atoms with Gasteiger partial charge in [0.15, 0.2) is 0 Å². The molecule has 78 valence electrons. The topological polar surface area (TPSA) is 66.5 Å². The maximum atomic E-state index is 12.8. The third-order valence-electron chi connectivity index (χ3n) is 2.15. The summed E-state index contributed by atoms with van der Waals surface area (Å²) >= 11 is 0. The van der Waals surface area contributed by atoms with E-state index in [1.807, 2.05) is 0 Å². The predicted molar refractivity (Wildman–Crippen MR) is 50.9 cm³/mol. The smallest absolute Gasteiger partial charge is 0.123 e. The van der Waals surface area contributed by atoms with Crippen LogP contribution in [-0.4, -0.2) is 16.3 Å². The number of aliphatic hydroxyl groups is 2. The van der Waals surface area contributed by atoms with Crippen LogP contribution in [0.15, 0.2) is 18.2 Å². The van der Waals surface area contributed by atoms with E-state index in [1.54, 1.807) is 6.92 Å². The molecular formula is C10H14FNO2. The monoisotopic (exact) mass is 199 g/mol. The Bertz CT molecular complexity index is 315. The number of hydrogen-bond donors (Lipinski definition) is 3. The molecule has 4 N–H and O–H groups in total. The fourth-order valence-electron chi connectivity index (χ4n) is 1.30. The van der Waals surface area contributed by atoms with Gasteiger partial charge in [0.25, 0.3) is 0 Å². The molecule has 0 aliphatic carbocycles. The maximum Gasteiger partial charge on any atom is 0.123 e. The Hall–Kier alpha value is -0.970. The largest absolute Gasteiger partial charge is 0.392 e. The molecule has 0 aliphatic rings. The lowest BCUT2D eigenvalue weighted by atomic mass is 9.98. The van der Waals surface area contributed by atoms with Gasteiger partial charge in [-0.1, -0.05) is 6.07 Å². The van der Waals surface area contributed by atoms with Crippen molar-refractivity contribution >= 4 is 0 Å². The molecule has 0 heterocycles. The lowest BCUT2D eigenvalue weighted by molar-refractivity contribution is 0.162. The van der Waals surface area contributed by atoms with Crippen LogP contribution in [0.25, 0.3) is 0 Å². The molecule has 2 unspecified atom stereocenters. The highest BCUT2D eigenvalue weighted by molar-refractivity contribution is 5.30. The average molecular weight is 199 g/mol. The molecule has 14 heavy (non-hydrogen) atoms. The minimum atomic E-state index is -0.731. The molecular weight excluding hydrogens is 185 g/mol. The van der Waals surface area contributed by atoms with Crippen molar-refractivity contribution in [2.45, 2.75) is 25.7 Å². The van der Waals surface area contributed by atoms with Crippen LogP contribution in [0.3, 0.4) is 0 Å². The quantitative estimate of drug-likeness (QED) is 0.671. The van der Waals surface area contributed by atoms with E-state index in [9.17, 15) is 9.50 Å². The molecule has 0 spiro atoms. The molecule has 0 radical (unpaired) electrons. The highest BCUT2D eigenvalue weighted by atomic mass is 19.1. The van der Waals surface area contributed by atoms with Crippen molar-refractivity contribution < 1.29 is 14.6 Å². The zero-order valence-corrected chi connectivity index (χ0v) is 7.94. The van der Waals surface area contributed by atoms with Crippen LogP contribution >= 0.6 is 0 Å². The second-order valence-electron chi connectivity index (χ2n) is 3.27. The van der Waals surface area contributed by atoms with E-state index >= 15 is 0 Å². The summed E-state index contributed by atoms with van der Waals surface area (Å²) in [6.07, 6.45) is -0.731. The van der Waals surface area contributed by atoms with E-state index in [4.69, 9.17) is 10.8 Å². The van der Waals surface area contributed by atoms with Gasteiger partial charge >= 0.3 is 0 Å². The Labute approximate surface area is 82.0 Å². The molecule has 3 nitrogen and oxygen atoms in total. The Morgan fingerprint density at radius 2 is 2.14 bits per heavy atom. The van der Waals surface area contributed by atoms with Gasteiger partial charge in [0, 0.05) is 0 Å². The van der Waals surface area contributed by atoms with Crippen LogP contribution < -0.4 is 5.73 Å². The second-order valence-corrected chi connectivity index (χ2v) is 3.27. The summed E-state index contributed by atoms with van der Waals surface area (Å²) in [6, 6.07) is 3.37. The van der Waals surface area contributed by atoms with Gasteiger partial charge in [-0.3, -0.25) is 0 Å². The van der Waals surface area contributed by atoms with Crippen LogP contribution in [0.4, 0.5) is 4.39 Å². The molecule has 0 bridgehead atoms. The zero-order chi connectivity index (χ0) is 10.7. The Morgan fingerprint density at radius 1 is 1.50 bits per heavy atom. The fraction of sp³-hybridized carbons (Fsp3) is 0.400. The van der Waals surface area contributed by atoms with E-state index in [-0.39, 0.29) is 6.61 Å².